The highest BCUT2D eigenvalue weighted by molar-refractivity contribution is 6.50. The van der Waals surface area contributed by atoms with Crippen molar-refractivity contribution < 1.29 is 22.0 Å². The molecule has 2 rings (SSSR count). The van der Waals surface area contributed by atoms with Gasteiger partial charge in [-0.05, 0) is 24.3 Å². The lowest BCUT2D eigenvalue weighted by atomic mass is 10.3. The van der Waals surface area contributed by atoms with Crippen LogP contribution in [0.1, 0.15) is 0 Å². The zero-order chi connectivity index (χ0) is 13.4. The largest absolute Gasteiger partial charge is 0.673 e. The number of hydrogen-bond acceptors (Lipinski definition) is 1. The highest BCUT2D eigenvalue weighted by Crippen LogP contribution is 2.19. The van der Waals surface area contributed by atoms with Crippen molar-refractivity contribution in [1.29, 1.82) is 0 Å². The van der Waals surface area contributed by atoms with E-state index < -0.39 is 7.25 Å². The molecule has 0 aliphatic rings. The van der Waals surface area contributed by atoms with Crippen LogP contribution < -0.4 is 4.74 Å². The molecule has 0 heterocycles. The molecule has 0 aromatic heterocycles. The van der Waals surface area contributed by atoms with Crippen molar-refractivity contribution in [2.24, 2.45) is 0 Å². The summed E-state index contributed by atoms with van der Waals surface area (Å²) in [6.45, 7) is 0. The first-order valence-electron chi connectivity index (χ1n) is 5.10. The minimum absolute atomic E-state index is 0.869. The molecule has 0 aliphatic carbocycles. The summed E-state index contributed by atoms with van der Waals surface area (Å²) in [4.78, 5) is 0. The lowest BCUT2D eigenvalue weighted by Gasteiger charge is -2.03. The zero-order valence-corrected chi connectivity index (χ0v) is 9.27. The van der Waals surface area contributed by atoms with Crippen LogP contribution in [0.25, 0.3) is 0 Å². The molecule has 0 unspecified atom stereocenters. The van der Waals surface area contributed by atoms with Gasteiger partial charge in [0.1, 0.15) is 11.5 Å². The third-order valence-corrected chi connectivity index (χ3v) is 1.72. The van der Waals surface area contributed by atoms with E-state index in [4.69, 9.17) is 4.74 Å². The van der Waals surface area contributed by atoms with Gasteiger partial charge in [-0.2, -0.15) is 0 Å². The molecule has 6 heteroatoms. The predicted octanol–water partition coefficient (Wildman–Crippen LogP) is 4.78. The molecule has 0 saturated carbocycles. The van der Waals surface area contributed by atoms with Crippen LogP contribution in [0.5, 0.6) is 11.5 Å². The van der Waals surface area contributed by atoms with Gasteiger partial charge in [-0.3, -0.25) is 0 Å². The Labute approximate surface area is 102 Å². The van der Waals surface area contributed by atoms with Crippen molar-refractivity contribution in [3.8, 4) is 11.5 Å². The van der Waals surface area contributed by atoms with E-state index in [1.807, 2.05) is 60.7 Å². The molecule has 0 amide bonds. The van der Waals surface area contributed by atoms with E-state index >= 15 is 0 Å². The van der Waals surface area contributed by atoms with E-state index in [2.05, 4.69) is 0 Å². The molecule has 0 N–H and O–H groups in total. The average Bonchev–Trinajstić information content (AvgIpc) is 2.29. The van der Waals surface area contributed by atoms with Gasteiger partial charge in [0.2, 0.25) is 0 Å². The van der Waals surface area contributed by atoms with Crippen LogP contribution in [0.4, 0.5) is 17.3 Å². The van der Waals surface area contributed by atoms with Crippen LogP contribution in [0, 0.1) is 0 Å². The highest BCUT2D eigenvalue weighted by atomic mass is 19.5. The molecule has 0 bridgehead atoms. The van der Waals surface area contributed by atoms with E-state index in [0.717, 1.165) is 11.5 Å². The molecule has 96 valence electrons. The molecule has 2 aromatic carbocycles. The number of hydrogen-bond donors (Lipinski definition) is 0. The van der Waals surface area contributed by atoms with Crippen LogP contribution in [-0.4, -0.2) is 7.25 Å². The molecular formula is C12H10BF4O-. The van der Waals surface area contributed by atoms with Gasteiger partial charge in [-0.1, -0.05) is 36.4 Å². The first-order valence-corrected chi connectivity index (χ1v) is 5.10. The smallest absolute Gasteiger partial charge is 0.457 e. The fraction of sp³-hybridized carbons (Fsp3) is 0. The quantitative estimate of drug-likeness (QED) is 0.555. The topological polar surface area (TPSA) is 9.23 Å². The van der Waals surface area contributed by atoms with Gasteiger partial charge in [0, 0.05) is 0 Å². The minimum atomic E-state index is -6.00. The maximum absolute atomic E-state index is 9.75. The second kappa shape index (κ2) is 6.69. The maximum Gasteiger partial charge on any atom is 0.673 e. The summed E-state index contributed by atoms with van der Waals surface area (Å²) in [6.07, 6.45) is 0. The van der Waals surface area contributed by atoms with Crippen molar-refractivity contribution >= 4 is 7.25 Å². The van der Waals surface area contributed by atoms with Crippen LogP contribution in [0.3, 0.4) is 0 Å². The van der Waals surface area contributed by atoms with Crippen molar-refractivity contribution in [1.82, 2.24) is 0 Å². The molecule has 2 aromatic rings. The standard InChI is InChI=1S/C12H10O.BF4/c1-3-7-11(8-4-1)13-12-9-5-2-6-10-12;2-1(3,4)5/h1-10H;/q;-1. The second-order valence-electron chi connectivity index (χ2n) is 3.22. The number of para-hydroxylation sites is 2. The normalized spacial score (nSPS) is 10.2. The van der Waals surface area contributed by atoms with Crippen LogP contribution in [-0.2, 0) is 0 Å². The molecule has 0 spiro atoms. The van der Waals surface area contributed by atoms with Gasteiger partial charge in [0.25, 0.3) is 0 Å². The summed E-state index contributed by atoms with van der Waals surface area (Å²) in [6, 6.07) is 19.5. The number of ether oxygens (including phenoxy) is 1. The van der Waals surface area contributed by atoms with Gasteiger partial charge < -0.3 is 22.0 Å². The Balaban J connectivity index is 0.000000280. The van der Waals surface area contributed by atoms with E-state index in [9.17, 15) is 17.3 Å². The van der Waals surface area contributed by atoms with Crippen molar-refractivity contribution in [2.45, 2.75) is 0 Å². The fourth-order valence-electron chi connectivity index (χ4n) is 1.11. The van der Waals surface area contributed by atoms with E-state index in [-0.39, 0.29) is 0 Å². The summed E-state index contributed by atoms with van der Waals surface area (Å²) < 4.78 is 44.6. The lowest BCUT2D eigenvalue weighted by Crippen LogP contribution is -2.02. The van der Waals surface area contributed by atoms with Gasteiger partial charge in [-0.25, -0.2) is 0 Å². The summed E-state index contributed by atoms with van der Waals surface area (Å²) in [5.41, 5.74) is 0. The summed E-state index contributed by atoms with van der Waals surface area (Å²) in [5, 5.41) is 0. The van der Waals surface area contributed by atoms with Gasteiger partial charge in [-0.15, -0.1) is 0 Å². The molecule has 0 atom stereocenters. The third-order valence-electron chi connectivity index (χ3n) is 1.72. The van der Waals surface area contributed by atoms with Gasteiger partial charge in [0.15, 0.2) is 0 Å². The maximum atomic E-state index is 9.75. The van der Waals surface area contributed by atoms with Crippen molar-refractivity contribution in [3.05, 3.63) is 60.7 Å². The number of rotatable bonds is 2. The molecular weight excluding hydrogens is 247 g/mol. The van der Waals surface area contributed by atoms with Crippen molar-refractivity contribution in [3.63, 3.8) is 0 Å². The zero-order valence-electron chi connectivity index (χ0n) is 9.27. The van der Waals surface area contributed by atoms with Crippen LogP contribution in [0.15, 0.2) is 60.7 Å². The molecule has 18 heavy (non-hydrogen) atoms. The summed E-state index contributed by atoms with van der Waals surface area (Å²) in [5.74, 6) is 1.74. The highest BCUT2D eigenvalue weighted by Gasteiger charge is 2.20. The first kappa shape index (κ1) is 14.1. The van der Waals surface area contributed by atoms with Crippen molar-refractivity contribution in [2.75, 3.05) is 0 Å². The minimum Gasteiger partial charge on any atom is -0.457 e. The Morgan fingerprint density at radius 3 is 1.17 bits per heavy atom. The molecule has 0 aliphatic heterocycles. The van der Waals surface area contributed by atoms with Gasteiger partial charge >= 0.3 is 7.25 Å². The molecule has 1 nitrogen and oxygen atoms in total. The van der Waals surface area contributed by atoms with Crippen LogP contribution in [0.2, 0.25) is 0 Å². The average molecular weight is 257 g/mol. The monoisotopic (exact) mass is 257 g/mol. The SMILES string of the molecule is F[B-](F)(F)F.c1ccc(Oc2ccccc2)cc1. The molecule has 0 saturated heterocycles. The van der Waals surface area contributed by atoms with E-state index in [1.54, 1.807) is 0 Å². The first-order chi connectivity index (χ1) is 8.45. The summed E-state index contributed by atoms with van der Waals surface area (Å²) >= 11 is 0. The van der Waals surface area contributed by atoms with Gasteiger partial charge in [0.05, 0.1) is 0 Å². The Bertz CT molecular complexity index is 401. The Morgan fingerprint density at radius 1 is 0.611 bits per heavy atom. The third kappa shape index (κ3) is 7.32. The van der Waals surface area contributed by atoms with Crippen LogP contribution >= 0.6 is 0 Å². The molecule has 0 fully saturated rings. The fourth-order valence-corrected chi connectivity index (χ4v) is 1.11. The second-order valence-corrected chi connectivity index (χ2v) is 3.22. The Hall–Kier alpha value is -1.98. The Morgan fingerprint density at radius 2 is 0.889 bits per heavy atom. The number of halogens is 4. The predicted molar refractivity (Wildman–Crippen MR) is 63.1 cm³/mol. The summed E-state index contributed by atoms with van der Waals surface area (Å²) in [7, 11) is -6.00. The number of benzene rings is 2. The Kier molecular flexibility index (Phi) is 5.23. The van der Waals surface area contributed by atoms with E-state index in [0.29, 0.717) is 0 Å². The molecule has 0 radical (unpaired) electrons. The van der Waals surface area contributed by atoms with E-state index in [1.165, 1.54) is 0 Å². The lowest BCUT2D eigenvalue weighted by molar-refractivity contribution is 0.368.